The smallest absolute Gasteiger partial charge is 0.0824 e. The molecule has 2 N–H and O–H groups in total. The number of nitrogens with two attached hydrogens (primary N) is 1. The molecule has 2 rings (SSSR count). The van der Waals surface area contributed by atoms with Crippen LogP contribution in [0.25, 0.3) is 0 Å². The summed E-state index contributed by atoms with van der Waals surface area (Å²) >= 11 is 0. The van der Waals surface area contributed by atoms with Crippen molar-refractivity contribution in [3.63, 3.8) is 0 Å². The topological polar surface area (TPSA) is 38.5 Å². The van der Waals surface area contributed by atoms with Gasteiger partial charge in [-0.05, 0) is 18.9 Å². The summed E-state index contributed by atoms with van der Waals surface area (Å²) in [7, 11) is 0. The van der Waals surface area contributed by atoms with Crippen molar-refractivity contribution in [1.29, 1.82) is 0 Å². The van der Waals surface area contributed by atoms with Gasteiger partial charge in [-0.25, -0.2) is 0 Å². The lowest BCUT2D eigenvalue weighted by molar-refractivity contribution is -0.0249. The summed E-state index contributed by atoms with van der Waals surface area (Å²) in [4.78, 5) is 2.54. The van der Waals surface area contributed by atoms with Crippen LogP contribution in [-0.4, -0.2) is 43.8 Å². The van der Waals surface area contributed by atoms with Gasteiger partial charge in [-0.3, -0.25) is 4.90 Å². The van der Waals surface area contributed by atoms with Crippen molar-refractivity contribution >= 4 is 12.4 Å². The van der Waals surface area contributed by atoms with Crippen LogP contribution in [0.1, 0.15) is 38.5 Å². The maximum atomic E-state index is 5.65. The van der Waals surface area contributed by atoms with Crippen molar-refractivity contribution in [2.75, 3.05) is 32.8 Å². The zero-order valence-electron chi connectivity index (χ0n) is 10.8. The number of morpholine rings is 1. The van der Waals surface area contributed by atoms with Gasteiger partial charge in [-0.2, -0.15) is 0 Å². The maximum absolute atomic E-state index is 5.65. The number of nitrogens with zero attached hydrogens (tertiary/aromatic N) is 1. The molecule has 0 bridgehead atoms. The van der Waals surface area contributed by atoms with Crippen LogP contribution >= 0.6 is 12.4 Å². The average molecular weight is 263 g/mol. The van der Waals surface area contributed by atoms with Crippen molar-refractivity contribution < 1.29 is 4.74 Å². The molecule has 102 valence electrons. The number of halogens is 1. The van der Waals surface area contributed by atoms with Crippen molar-refractivity contribution in [2.24, 2.45) is 11.7 Å². The van der Waals surface area contributed by atoms with Crippen molar-refractivity contribution in [3.05, 3.63) is 0 Å². The second-order valence-electron chi connectivity index (χ2n) is 5.32. The first kappa shape index (κ1) is 15.2. The summed E-state index contributed by atoms with van der Waals surface area (Å²) in [6, 6.07) is 0. The highest BCUT2D eigenvalue weighted by Gasteiger charge is 2.20. The summed E-state index contributed by atoms with van der Waals surface area (Å²) in [5, 5.41) is 0. The molecule has 1 aliphatic heterocycles. The normalized spacial score (nSPS) is 27.7. The van der Waals surface area contributed by atoms with E-state index < -0.39 is 0 Å². The molecule has 1 heterocycles. The van der Waals surface area contributed by atoms with Crippen LogP contribution in [0.3, 0.4) is 0 Å². The van der Waals surface area contributed by atoms with Crippen LogP contribution in [0, 0.1) is 5.92 Å². The Kier molecular flexibility index (Phi) is 7.44. The Bertz CT molecular complexity index is 198. The van der Waals surface area contributed by atoms with E-state index in [1.165, 1.54) is 45.1 Å². The molecular formula is C13H27ClN2O. The third-order valence-corrected chi connectivity index (χ3v) is 4.06. The van der Waals surface area contributed by atoms with E-state index in [-0.39, 0.29) is 18.5 Å². The molecule has 3 nitrogen and oxygen atoms in total. The minimum atomic E-state index is 0. The highest BCUT2D eigenvalue weighted by molar-refractivity contribution is 5.85. The van der Waals surface area contributed by atoms with Gasteiger partial charge in [-0.1, -0.05) is 32.1 Å². The molecule has 0 aromatic heterocycles. The maximum Gasteiger partial charge on any atom is 0.0824 e. The molecule has 2 aliphatic rings. The molecule has 4 heteroatoms. The summed E-state index contributed by atoms with van der Waals surface area (Å²) in [5.74, 6) is 0.993. The lowest BCUT2D eigenvalue weighted by Crippen LogP contribution is -2.46. The highest BCUT2D eigenvalue weighted by Crippen LogP contribution is 2.26. The first-order chi connectivity index (χ1) is 7.88. The van der Waals surface area contributed by atoms with Gasteiger partial charge in [0.05, 0.1) is 12.7 Å². The standard InChI is InChI=1S/C13H26N2O.ClH/c14-10-13-11-15(8-9-16-13)7-6-12-4-2-1-3-5-12;/h12-13H,1-11,14H2;1H. The van der Waals surface area contributed by atoms with E-state index >= 15 is 0 Å². The summed E-state index contributed by atoms with van der Waals surface area (Å²) < 4.78 is 5.58. The van der Waals surface area contributed by atoms with Crippen molar-refractivity contribution in [2.45, 2.75) is 44.6 Å². The second-order valence-corrected chi connectivity index (χ2v) is 5.32. The fraction of sp³-hybridized carbons (Fsp3) is 1.00. The molecule has 1 saturated heterocycles. The molecule has 1 unspecified atom stereocenters. The average Bonchev–Trinajstić information content (AvgIpc) is 2.38. The van der Waals surface area contributed by atoms with Gasteiger partial charge < -0.3 is 10.5 Å². The Labute approximate surface area is 111 Å². The Balaban J connectivity index is 0.00000144. The van der Waals surface area contributed by atoms with Crippen molar-refractivity contribution in [1.82, 2.24) is 4.90 Å². The van der Waals surface area contributed by atoms with Crippen LogP contribution in [0.2, 0.25) is 0 Å². The van der Waals surface area contributed by atoms with Gasteiger partial charge in [0, 0.05) is 19.6 Å². The first-order valence-electron chi connectivity index (χ1n) is 6.92. The zero-order valence-corrected chi connectivity index (χ0v) is 11.6. The molecule has 0 radical (unpaired) electrons. The quantitative estimate of drug-likeness (QED) is 0.843. The van der Waals surface area contributed by atoms with Crippen LogP contribution in [-0.2, 0) is 4.74 Å². The Morgan fingerprint density at radius 3 is 2.65 bits per heavy atom. The molecular weight excluding hydrogens is 236 g/mol. The molecule has 1 saturated carbocycles. The lowest BCUT2D eigenvalue weighted by atomic mass is 9.87. The molecule has 0 aromatic carbocycles. The third kappa shape index (κ3) is 5.12. The summed E-state index contributed by atoms with van der Waals surface area (Å²) in [6.45, 7) is 4.93. The SMILES string of the molecule is Cl.NCC1CN(CCC2CCCCC2)CCO1. The first-order valence-corrected chi connectivity index (χ1v) is 6.92. The summed E-state index contributed by atoms with van der Waals surface area (Å²) in [6.07, 6.45) is 8.97. The fourth-order valence-corrected chi connectivity index (χ4v) is 2.97. The lowest BCUT2D eigenvalue weighted by Gasteiger charge is -2.33. The van der Waals surface area contributed by atoms with Gasteiger partial charge in [-0.15, -0.1) is 12.4 Å². The zero-order chi connectivity index (χ0) is 11.2. The fourth-order valence-electron chi connectivity index (χ4n) is 2.97. The number of hydrogen-bond acceptors (Lipinski definition) is 3. The molecule has 0 amide bonds. The Morgan fingerprint density at radius 1 is 1.18 bits per heavy atom. The summed E-state index contributed by atoms with van der Waals surface area (Å²) in [5.41, 5.74) is 5.65. The molecule has 1 atom stereocenters. The molecule has 2 fully saturated rings. The van der Waals surface area contributed by atoms with Gasteiger partial charge in [0.1, 0.15) is 0 Å². The Morgan fingerprint density at radius 2 is 1.94 bits per heavy atom. The van der Waals surface area contributed by atoms with Crippen LogP contribution in [0.5, 0.6) is 0 Å². The van der Waals surface area contributed by atoms with E-state index in [4.69, 9.17) is 10.5 Å². The molecule has 1 aliphatic carbocycles. The largest absolute Gasteiger partial charge is 0.374 e. The monoisotopic (exact) mass is 262 g/mol. The third-order valence-electron chi connectivity index (χ3n) is 4.06. The second kappa shape index (κ2) is 8.30. The molecule has 0 spiro atoms. The van der Waals surface area contributed by atoms with Gasteiger partial charge in [0.2, 0.25) is 0 Å². The van der Waals surface area contributed by atoms with E-state index in [2.05, 4.69) is 4.90 Å². The van der Waals surface area contributed by atoms with E-state index in [1.54, 1.807) is 0 Å². The van der Waals surface area contributed by atoms with Crippen LogP contribution < -0.4 is 5.73 Å². The Hall–Kier alpha value is 0.170. The predicted octanol–water partition coefficient (Wildman–Crippen LogP) is 2.04. The van der Waals surface area contributed by atoms with Gasteiger partial charge >= 0.3 is 0 Å². The van der Waals surface area contributed by atoms with E-state index in [0.29, 0.717) is 6.54 Å². The van der Waals surface area contributed by atoms with E-state index in [1.807, 2.05) is 0 Å². The number of hydrogen-bond donors (Lipinski definition) is 1. The van der Waals surface area contributed by atoms with E-state index in [9.17, 15) is 0 Å². The predicted molar refractivity (Wildman–Crippen MR) is 73.7 cm³/mol. The number of ether oxygens (including phenoxy) is 1. The number of rotatable bonds is 4. The molecule has 17 heavy (non-hydrogen) atoms. The van der Waals surface area contributed by atoms with Crippen molar-refractivity contribution in [3.8, 4) is 0 Å². The van der Waals surface area contributed by atoms with Gasteiger partial charge in [0.15, 0.2) is 0 Å². The molecule has 0 aromatic rings. The minimum Gasteiger partial charge on any atom is -0.374 e. The highest BCUT2D eigenvalue weighted by atomic mass is 35.5. The van der Waals surface area contributed by atoms with Crippen LogP contribution in [0.15, 0.2) is 0 Å². The minimum absolute atomic E-state index is 0. The van der Waals surface area contributed by atoms with Crippen LogP contribution in [0.4, 0.5) is 0 Å². The van der Waals surface area contributed by atoms with E-state index in [0.717, 1.165) is 25.6 Å². The van der Waals surface area contributed by atoms with Gasteiger partial charge in [0.25, 0.3) is 0 Å².